The van der Waals surface area contributed by atoms with Crippen LogP contribution in [0.15, 0.2) is 66.7 Å². The highest BCUT2D eigenvalue weighted by molar-refractivity contribution is 7.46. The van der Waals surface area contributed by atoms with Gasteiger partial charge in [-0.1, -0.05) is 12.1 Å². The first-order chi connectivity index (χ1) is 16.5. The van der Waals surface area contributed by atoms with Gasteiger partial charge in [0.1, 0.15) is 11.6 Å². The largest absolute Gasteiger partial charge is 0.334 e. The first-order valence-electron chi connectivity index (χ1n) is 11.2. The van der Waals surface area contributed by atoms with Crippen LogP contribution in [0.25, 0.3) is 16.7 Å². The molecule has 4 rings (SSSR count). The third kappa shape index (κ3) is 5.50. The molecule has 1 aromatic heterocycles. The van der Waals surface area contributed by atoms with Gasteiger partial charge < -0.3 is 14.4 Å². The maximum Gasteiger partial charge on any atom is 0.255 e. The Morgan fingerprint density at radius 1 is 1.00 bits per heavy atom. The van der Waals surface area contributed by atoms with Crippen LogP contribution in [0.1, 0.15) is 35.6 Å². The highest BCUT2D eigenvalue weighted by Gasteiger charge is 2.14. The summed E-state index contributed by atoms with van der Waals surface area (Å²) in [5.41, 5.74) is 4.64. The van der Waals surface area contributed by atoms with E-state index >= 15 is 0 Å². The molecule has 8 heteroatoms. The Balaban J connectivity index is 1.52. The van der Waals surface area contributed by atoms with Gasteiger partial charge in [-0.3, -0.25) is 9.36 Å². The molecule has 0 saturated heterocycles. The summed E-state index contributed by atoms with van der Waals surface area (Å²) < 4.78 is 26.6. The summed E-state index contributed by atoms with van der Waals surface area (Å²) in [5, 5.41) is 2.95. The number of anilines is 1. The fourth-order valence-corrected chi connectivity index (χ4v) is 5.06. The number of amides is 1. The van der Waals surface area contributed by atoms with Crippen LogP contribution in [0.5, 0.6) is 0 Å². The molecule has 0 unspecified atom stereocenters. The van der Waals surface area contributed by atoms with Crippen LogP contribution in [-0.4, -0.2) is 28.7 Å². The molecule has 0 fully saturated rings. The van der Waals surface area contributed by atoms with Gasteiger partial charge in [0.05, 0.1) is 24.2 Å². The summed E-state index contributed by atoms with van der Waals surface area (Å²) in [6.07, 6.45) is 0.703. The minimum atomic E-state index is -0.955. The van der Waals surface area contributed by atoms with Crippen molar-refractivity contribution in [3.63, 3.8) is 0 Å². The zero-order valence-corrected chi connectivity index (χ0v) is 20.3. The van der Waals surface area contributed by atoms with Crippen LogP contribution in [0, 0.1) is 12.7 Å². The molecule has 0 aliphatic rings. The molecule has 1 amide bonds. The molecule has 1 N–H and O–H groups in total. The Morgan fingerprint density at radius 3 is 2.32 bits per heavy atom. The van der Waals surface area contributed by atoms with E-state index in [2.05, 4.69) is 10.3 Å². The number of aromatic nitrogens is 2. The topological polar surface area (TPSA) is 65.4 Å². The molecule has 6 nitrogen and oxygen atoms in total. The van der Waals surface area contributed by atoms with Crippen LogP contribution in [-0.2, 0) is 15.2 Å². The van der Waals surface area contributed by atoms with Gasteiger partial charge in [0.2, 0.25) is 0 Å². The Labute approximate surface area is 199 Å². The number of hydrogen-bond donors (Lipinski definition) is 1. The summed E-state index contributed by atoms with van der Waals surface area (Å²) >= 11 is 0. The predicted molar refractivity (Wildman–Crippen MR) is 134 cm³/mol. The van der Waals surface area contributed by atoms with Gasteiger partial charge >= 0.3 is 0 Å². The van der Waals surface area contributed by atoms with Gasteiger partial charge in [-0.25, -0.2) is 9.37 Å². The monoisotopic (exact) mass is 479 g/mol. The number of carbonyl (C=O) groups excluding carboxylic acids is 1. The van der Waals surface area contributed by atoms with E-state index in [1.807, 2.05) is 55.7 Å². The van der Waals surface area contributed by atoms with Crippen molar-refractivity contribution in [2.75, 3.05) is 18.5 Å². The van der Waals surface area contributed by atoms with E-state index in [-0.39, 0.29) is 11.7 Å². The van der Waals surface area contributed by atoms with Gasteiger partial charge in [-0.15, -0.1) is 0 Å². The van der Waals surface area contributed by atoms with Crippen molar-refractivity contribution in [1.29, 1.82) is 0 Å². The maximum absolute atomic E-state index is 13.4. The Morgan fingerprint density at radius 2 is 1.68 bits per heavy atom. The Kier molecular flexibility index (Phi) is 7.68. The molecule has 0 spiro atoms. The van der Waals surface area contributed by atoms with Crippen molar-refractivity contribution in [1.82, 2.24) is 9.55 Å². The zero-order chi connectivity index (χ0) is 24.1. The van der Waals surface area contributed by atoms with E-state index in [0.717, 1.165) is 28.1 Å². The molecule has 0 saturated carbocycles. The molecule has 1 heterocycles. The number of aryl methyl sites for hydroxylation is 1. The van der Waals surface area contributed by atoms with Crippen LogP contribution in [0.4, 0.5) is 10.1 Å². The molecule has 3 aromatic carbocycles. The summed E-state index contributed by atoms with van der Waals surface area (Å²) in [6.45, 7) is 7.03. The predicted octanol–water partition coefficient (Wildman–Crippen LogP) is 6.61. The molecular formula is C26H27FN3O3P. The van der Waals surface area contributed by atoms with Gasteiger partial charge in [0, 0.05) is 23.1 Å². The number of rotatable bonds is 9. The minimum absolute atomic E-state index is 0.218. The second-order valence-corrected chi connectivity index (χ2v) is 9.15. The number of fused-ring (bicyclic) bond motifs is 1. The lowest BCUT2D eigenvalue weighted by molar-refractivity contribution is 0.102. The number of benzene rings is 3. The molecule has 0 atom stereocenters. The average Bonchev–Trinajstić information content (AvgIpc) is 3.16. The Bertz CT molecular complexity index is 1270. The summed E-state index contributed by atoms with van der Waals surface area (Å²) in [5.74, 6) is 0.239. The molecule has 176 valence electrons. The van der Waals surface area contributed by atoms with Gasteiger partial charge in [-0.05, 0) is 80.9 Å². The quantitative estimate of drug-likeness (QED) is 0.274. The molecule has 4 aromatic rings. The van der Waals surface area contributed by atoms with Crippen molar-refractivity contribution < 1.29 is 18.2 Å². The van der Waals surface area contributed by atoms with Crippen LogP contribution in [0.2, 0.25) is 0 Å². The average molecular weight is 479 g/mol. The van der Waals surface area contributed by atoms with Crippen molar-refractivity contribution in [3.8, 4) is 5.69 Å². The lowest BCUT2D eigenvalue weighted by Gasteiger charge is -2.15. The second-order valence-electron chi connectivity index (χ2n) is 7.65. The van der Waals surface area contributed by atoms with Crippen molar-refractivity contribution in [2.45, 2.75) is 26.9 Å². The zero-order valence-electron chi connectivity index (χ0n) is 19.4. The number of carbonyl (C=O) groups is 1. The molecule has 0 bridgehead atoms. The van der Waals surface area contributed by atoms with Crippen LogP contribution >= 0.6 is 8.38 Å². The van der Waals surface area contributed by atoms with E-state index in [1.54, 1.807) is 24.3 Å². The fraction of sp³-hybridized carbons (Fsp3) is 0.231. The normalized spacial score (nSPS) is 11.3. The lowest BCUT2D eigenvalue weighted by atomic mass is 10.1. The van der Waals surface area contributed by atoms with E-state index in [9.17, 15) is 9.18 Å². The standard InChI is InChI=1S/C26H27FN3O3P/c1-4-32-34(33-5-2)17-19-6-11-22(12-7-19)29-26(31)20-8-15-24-25(16-20)30(18(3)28-24)23-13-9-21(27)10-14-23/h6-16H,4-5,17H2,1-3H3,(H,29,31). The fourth-order valence-electron chi connectivity index (χ4n) is 3.72. The molecule has 0 aliphatic heterocycles. The van der Waals surface area contributed by atoms with E-state index in [0.29, 0.717) is 30.6 Å². The van der Waals surface area contributed by atoms with Gasteiger partial charge in [0.15, 0.2) is 8.38 Å². The van der Waals surface area contributed by atoms with E-state index in [1.165, 1.54) is 12.1 Å². The summed E-state index contributed by atoms with van der Waals surface area (Å²) in [6, 6.07) is 19.3. The van der Waals surface area contributed by atoms with Crippen molar-refractivity contribution in [3.05, 3.63) is 89.5 Å². The highest BCUT2D eigenvalue weighted by Crippen LogP contribution is 2.42. The number of hydrogen-bond acceptors (Lipinski definition) is 4. The number of halogens is 1. The van der Waals surface area contributed by atoms with Gasteiger partial charge in [0.25, 0.3) is 5.91 Å². The van der Waals surface area contributed by atoms with Crippen LogP contribution < -0.4 is 5.32 Å². The third-order valence-electron chi connectivity index (χ3n) is 5.24. The first kappa shape index (κ1) is 24.0. The Hall–Kier alpha value is -3.12. The molecule has 0 radical (unpaired) electrons. The summed E-state index contributed by atoms with van der Waals surface area (Å²) in [4.78, 5) is 17.5. The highest BCUT2D eigenvalue weighted by atomic mass is 31.2. The van der Waals surface area contributed by atoms with Crippen LogP contribution in [0.3, 0.4) is 0 Å². The van der Waals surface area contributed by atoms with Crippen molar-refractivity contribution >= 4 is 31.0 Å². The molecule has 0 aliphatic carbocycles. The number of nitrogens with one attached hydrogen (secondary N) is 1. The molecule has 34 heavy (non-hydrogen) atoms. The minimum Gasteiger partial charge on any atom is -0.334 e. The summed E-state index contributed by atoms with van der Waals surface area (Å²) in [7, 11) is -0.955. The van der Waals surface area contributed by atoms with E-state index < -0.39 is 8.38 Å². The first-order valence-corrected chi connectivity index (χ1v) is 12.5. The SMILES string of the molecule is CCOP(Cc1ccc(NC(=O)c2ccc3nc(C)n(-c4ccc(F)cc4)c3c2)cc1)OCC. The van der Waals surface area contributed by atoms with Gasteiger partial charge in [-0.2, -0.15) is 0 Å². The third-order valence-corrected chi connectivity index (χ3v) is 6.95. The van der Waals surface area contributed by atoms with E-state index in [4.69, 9.17) is 9.05 Å². The van der Waals surface area contributed by atoms with Crippen molar-refractivity contribution in [2.24, 2.45) is 0 Å². The molecular weight excluding hydrogens is 452 g/mol. The smallest absolute Gasteiger partial charge is 0.255 e. The number of imidazole rings is 1. The number of nitrogens with zero attached hydrogens (tertiary/aromatic N) is 2. The second kappa shape index (κ2) is 10.9. The lowest BCUT2D eigenvalue weighted by Crippen LogP contribution is -2.12. The maximum atomic E-state index is 13.4.